The summed E-state index contributed by atoms with van der Waals surface area (Å²) in [5.41, 5.74) is 6.63. The van der Waals surface area contributed by atoms with Crippen molar-refractivity contribution in [2.24, 2.45) is 0 Å². The molecule has 2 aromatic heterocycles. The van der Waals surface area contributed by atoms with Gasteiger partial charge in [0.1, 0.15) is 22.6 Å². The fraction of sp³-hybridized carbons (Fsp3) is 0.0435. The molecule has 0 radical (unpaired) electrons. The smallest absolute Gasteiger partial charge is 0.180 e. The Morgan fingerprint density at radius 2 is 1.38 bits per heavy atom. The monoisotopic (exact) mass is 336 g/mol. The van der Waals surface area contributed by atoms with Gasteiger partial charge in [-0.2, -0.15) is 0 Å². The summed E-state index contributed by atoms with van der Waals surface area (Å²) in [5.74, 6) is 0.740. The molecule has 0 amide bonds. The zero-order valence-corrected chi connectivity index (χ0v) is 14.3. The molecule has 124 valence electrons. The summed E-state index contributed by atoms with van der Waals surface area (Å²) in [5, 5.41) is 1.02. The van der Waals surface area contributed by atoms with E-state index in [4.69, 9.17) is 4.42 Å². The third-order valence-corrected chi connectivity index (χ3v) is 4.58. The van der Waals surface area contributed by atoms with Crippen LogP contribution in [0, 0.1) is 6.92 Å². The minimum atomic E-state index is 0.738. The lowest BCUT2D eigenvalue weighted by molar-refractivity contribution is 0.666. The maximum absolute atomic E-state index is 6.16. The third kappa shape index (κ3) is 2.37. The Balaban J connectivity index is 1.81. The molecule has 0 N–H and O–H groups in total. The number of aryl methyl sites for hydroxylation is 1. The van der Waals surface area contributed by atoms with Crippen LogP contribution in [0.15, 0.2) is 83.3 Å². The van der Waals surface area contributed by atoms with Crippen LogP contribution < -0.4 is 0 Å². The van der Waals surface area contributed by atoms with Crippen molar-refractivity contribution in [1.82, 2.24) is 9.97 Å². The molecule has 5 aromatic rings. The van der Waals surface area contributed by atoms with Crippen molar-refractivity contribution in [2.45, 2.75) is 6.92 Å². The zero-order chi connectivity index (χ0) is 17.5. The molecular formula is C23H16N2O. The SMILES string of the molecule is Cc1nc(-c2ccccc2)c2oc3ccc(-c4ccccc4)cc3c2n1. The number of furan rings is 1. The molecule has 0 aliphatic rings. The fourth-order valence-corrected chi connectivity index (χ4v) is 3.36. The quantitative estimate of drug-likeness (QED) is 0.396. The highest BCUT2D eigenvalue weighted by atomic mass is 16.3. The Labute approximate surface area is 151 Å². The highest BCUT2D eigenvalue weighted by Crippen LogP contribution is 2.35. The summed E-state index contributed by atoms with van der Waals surface area (Å²) in [4.78, 5) is 9.32. The summed E-state index contributed by atoms with van der Waals surface area (Å²) in [6, 6.07) is 26.7. The van der Waals surface area contributed by atoms with Gasteiger partial charge < -0.3 is 4.42 Å². The van der Waals surface area contributed by atoms with Crippen LogP contribution in [0.5, 0.6) is 0 Å². The molecule has 26 heavy (non-hydrogen) atoms. The molecular weight excluding hydrogens is 320 g/mol. The predicted molar refractivity (Wildman–Crippen MR) is 105 cm³/mol. The van der Waals surface area contributed by atoms with Crippen molar-refractivity contribution in [3.8, 4) is 22.4 Å². The molecule has 0 atom stereocenters. The molecule has 3 aromatic carbocycles. The van der Waals surface area contributed by atoms with Gasteiger partial charge in [-0.1, -0.05) is 66.7 Å². The van der Waals surface area contributed by atoms with Crippen LogP contribution in [0.4, 0.5) is 0 Å². The van der Waals surface area contributed by atoms with E-state index in [9.17, 15) is 0 Å². The van der Waals surface area contributed by atoms with Crippen LogP contribution in [0.25, 0.3) is 44.5 Å². The zero-order valence-electron chi connectivity index (χ0n) is 14.3. The van der Waals surface area contributed by atoms with Gasteiger partial charge in [0.25, 0.3) is 0 Å². The van der Waals surface area contributed by atoms with Crippen molar-refractivity contribution in [2.75, 3.05) is 0 Å². The van der Waals surface area contributed by atoms with Gasteiger partial charge in [-0.15, -0.1) is 0 Å². The molecule has 5 rings (SSSR count). The molecule has 0 spiro atoms. The minimum absolute atomic E-state index is 0.738. The van der Waals surface area contributed by atoms with Gasteiger partial charge in [-0.3, -0.25) is 0 Å². The van der Waals surface area contributed by atoms with E-state index < -0.39 is 0 Å². The number of hydrogen-bond acceptors (Lipinski definition) is 3. The van der Waals surface area contributed by atoms with E-state index in [1.807, 2.05) is 61.5 Å². The topological polar surface area (TPSA) is 38.9 Å². The second-order valence-electron chi connectivity index (χ2n) is 6.34. The van der Waals surface area contributed by atoms with Gasteiger partial charge in [-0.05, 0) is 30.2 Å². The van der Waals surface area contributed by atoms with Gasteiger partial charge in [0.15, 0.2) is 5.58 Å². The second kappa shape index (κ2) is 5.81. The number of aromatic nitrogens is 2. The Morgan fingerprint density at radius 1 is 0.692 bits per heavy atom. The van der Waals surface area contributed by atoms with Gasteiger partial charge in [-0.25, -0.2) is 9.97 Å². The largest absolute Gasteiger partial charge is 0.452 e. The highest BCUT2D eigenvalue weighted by Gasteiger charge is 2.16. The number of nitrogens with zero attached hydrogens (tertiary/aromatic N) is 2. The van der Waals surface area contributed by atoms with Crippen LogP contribution in [0.2, 0.25) is 0 Å². The Morgan fingerprint density at radius 3 is 2.12 bits per heavy atom. The van der Waals surface area contributed by atoms with Gasteiger partial charge in [0.2, 0.25) is 0 Å². The van der Waals surface area contributed by atoms with E-state index in [0.29, 0.717) is 0 Å². The average Bonchev–Trinajstić information content (AvgIpc) is 3.06. The lowest BCUT2D eigenvalue weighted by Crippen LogP contribution is -1.92. The first-order chi connectivity index (χ1) is 12.8. The summed E-state index contributed by atoms with van der Waals surface area (Å²) >= 11 is 0. The lowest BCUT2D eigenvalue weighted by Gasteiger charge is -2.03. The highest BCUT2D eigenvalue weighted by molar-refractivity contribution is 6.07. The van der Waals surface area contributed by atoms with Crippen molar-refractivity contribution in [3.05, 3.63) is 84.7 Å². The molecule has 0 unspecified atom stereocenters. The van der Waals surface area contributed by atoms with Gasteiger partial charge in [0, 0.05) is 10.9 Å². The van der Waals surface area contributed by atoms with Crippen LogP contribution in [0.1, 0.15) is 5.82 Å². The maximum Gasteiger partial charge on any atom is 0.180 e. The first kappa shape index (κ1) is 14.8. The molecule has 0 fully saturated rings. The molecule has 0 aliphatic heterocycles. The Hall–Kier alpha value is -3.46. The van der Waals surface area contributed by atoms with Gasteiger partial charge in [0.05, 0.1) is 0 Å². The van der Waals surface area contributed by atoms with Crippen LogP contribution in [0.3, 0.4) is 0 Å². The van der Waals surface area contributed by atoms with Crippen LogP contribution in [-0.2, 0) is 0 Å². The standard InChI is InChI=1S/C23H16N2O/c1-15-24-21(17-10-6-3-7-11-17)23-22(25-15)19-14-18(12-13-20(19)26-23)16-8-4-2-5-9-16/h2-14H,1H3. The average molecular weight is 336 g/mol. The second-order valence-corrected chi connectivity index (χ2v) is 6.34. The summed E-state index contributed by atoms with van der Waals surface area (Å²) < 4.78 is 6.16. The number of benzene rings is 3. The first-order valence-electron chi connectivity index (χ1n) is 8.61. The lowest BCUT2D eigenvalue weighted by atomic mass is 10.0. The van der Waals surface area contributed by atoms with Crippen molar-refractivity contribution >= 4 is 22.1 Å². The van der Waals surface area contributed by atoms with E-state index in [1.54, 1.807) is 0 Å². The fourth-order valence-electron chi connectivity index (χ4n) is 3.36. The van der Waals surface area contributed by atoms with E-state index in [1.165, 1.54) is 5.56 Å². The molecule has 2 heterocycles. The Kier molecular flexibility index (Phi) is 3.32. The van der Waals surface area contributed by atoms with E-state index in [-0.39, 0.29) is 0 Å². The van der Waals surface area contributed by atoms with Crippen molar-refractivity contribution in [1.29, 1.82) is 0 Å². The minimum Gasteiger partial charge on any atom is -0.452 e. The maximum atomic E-state index is 6.16. The van der Waals surface area contributed by atoms with Crippen molar-refractivity contribution < 1.29 is 4.42 Å². The predicted octanol–water partition coefficient (Wildman–Crippen LogP) is 6.02. The van der Waals surface area contributed by atoms with E-state index in [2.05, 4.69) is 34.2 Å². The molecule has 3 nitrogen and oxygen atoms in total. The normalized spacial score (nSPS) is 11.3. The van der Waals surface area contributed by atoms with Crippen LogP contribution in [-0.4, -0.2) is 9.97 Å². The third-order valence-electron chi connectivity index (χ3n) is 4.58. The Bertz CT molecular complexity index is 1230. The summed E-state index contributed by atoms with van der Waals surface area (Å²) in [6.07, 6.45) is 0. The molecule has 0 aliphatic carbocycles. The number of rotatable bonds is 2. The summed E-state index contributed by atoms with van der Waals surface area (Å²) in [6.45, 7) is 1.92. The van der Waals surface area contributed by atoms with E-state index in [0.717, 1.165) is 44.7 Å². The molecule has 3 heteroatoms. The summed E-state index contributed by atoms with van der Waals surface area (Å²) in [7, 11) is 0. The molecule has 0 saturated heterocycles. The molecule has 0 bridgehead atoms. The van der Waals surface area contributed by atoms with Crippen molar-refractivity contribution in [3.63, 3.8) is 0 Å². The molecule has 0 saturated carbocycles. The van der Waals surface area contributed by atoms with Crippen LogP contribution >= 0.6 is 0 Å². The van der Waals surface area contributed by atoms with Gasteiger partial charge >= 0.3 is 0 Å². The first-order valence-corrected chi connectivity index (χ1v) is 8.61. The number of hydrogen-bond donors (Lipinski definition) is 0. The van der Waals surface area contributed by atoms with E-state index >= 15 is 0 Å². The number of fused-ring (bicyclic) bond motifs is 3.